The molecule has 2 aromatic rings. The van der Waals surface area contributed by atoms with Crippen molar-refractivity contribution in [2.45, 2.75) is 0 Å². The van der Waals surface area contributed by atoms with Crippen LogP contribution in [-0.2, 0) is 14.3 Å². The van der Waals surface area contributed by atoms with E-state index in [-0.39, 0.29) is 5.57 Å². The Labute approximate surface area is 173 Å². The Kier molecular flexibility index (Phi) is 5.49. The van der Waals surface area contributed by atoms with Gasteiger partial charge in [-0.3, -0.25) is 14.9 Å². The molecule has 0 atom stereocenters. The molecule has 2 aliphatic heterocycles. The van der Waals surface area contributed by atoms with Gasteiger partial charge in [0.15, 0.2) is 0 Å². The number of rotatable bonds is 4. The number of carbonyl (C=O) groups is 3. The van der Waals surface area contributed by atoms with E-state index in [2.05, 4.69) is 10.2 Å². The molecule has 4 amide bonds. The highest BCUT2D eigenvalue weighted by atomic mass is 16.5. The topological polar surface area (TPSA) is 88.2 Å². The zero-order valence-corrected chi connectivity index (χ0v) is 16.5. The third-order valence-electron chi connectivity index (χ3n) is 5.01. The van der Waals surface area contributed by atoms with Crippen LogP contribution in [0.4, 0.5) is 16.2 Å². The van der Waals surface area contributed by atoms with E-state index in [1.54, 1.807) is 24.3 Å². The Bertz CT molecular complexity index is 992. The maximum Gasteiger partial charge on any atom is 0.335 e. The number of hydrogen-bond donors (Lipinski definition) is 1. The molecule has 0 aromatic heterocycles. The second-order valence-corrected chi connectivity index (χ2v) is 6.85. The molecule has 1 N–H and O–H groups in total. The number of ether oxygens (including phenoxy) is 2. The van der Waals surface area contributed by atoms with Gasteiger partial charge in [-0.05, 0) is 48.0 Å². The summed E-state index contributed by atoms with van der Waals surface area (Å²) in [5.41, 5.74) is 1.98. The molecule has 0 spiro atoms. The van der Waals surface area contributed by atoms with Crippen LogP contribution in [-0.4, -0.2) is 51.3 Å². The Morgan fingerprint density at radius 2 is 1.57 bits per heavy atom. The number of barbiturate groups is 1. The average Bonchev–Trinajstić information content (AvgIpc) is 2.78. The summed E-state index contributed by atoms with van der Waals surface area (Å²) in [6, 6.07) is 13.2. The zero-order chi connectivity index (χ0) is 21.1. The summed E-state index contributed by atoms with van der Waals surface area (Å²) in [6.07, 6.45) is 1.49. The number of nitrogens with zero attached hydrogens (tertiary/aromatic N) is 2. The summed E-state index contributed by atoms with van der Waals surface area (Å²) in [5.74, 6) is -0.797. The van der Waals surface area contributed by atoms with E-state index in [1.165, 1.54) is 13.2 Å². The first-order valence-electron chi connectivity index (χ1n) is 9.55. The Morgan fingerprint density at radius 3 is 2.20 bits per heavy atom. The quantitative estimate of drug-likeness (QED) is 0.618. The third kappa shape index (κ3) is 3.90. The number of amides is 4. The molecule has 8 nitrogen and oxygen atoms in total. The minimum Gasteiger partial charge on any atom is -0.497 e. The van der Waals surface area contributed by atoms with Crippen molar-refractivity contribution in [2.75, 3.05) is 43.2 Å². The van der Waals surface area contributed by atoms with Crippen molar-refractivity contribution < 1.29 is 23.9 Å². The number of hydrogen-bond acceptors (Lipinski definition) is 6. The summed E-state index contributed by atoms with van der Waals surface area (Å²) in [4.78, 5) is 40.7. The van der Waals surface area contributed by atoms with Gasteiger partial charge in [-0.15, -0.1) is 0 Å². The van der Waals surface area contributed by atoms with Crippen molar-refractivity contribution in [2.24, 2.45) is 0 Å². The molecule has 2 saturated heterocycles. The molecule has 2 heterocycles. The van der Waals surface area contributed by atoms with Crippen LogP contribution in [0.25, 0.3) is 6.08 Å². The van der Waals surface area contributed by atoms with E-state index in [4.69, 9.17) is 9.47 Å². The summed E-state index contributed by atoms with van der Waals surface area (Å²) in [7, 11) is 1.53. The van der Waals surface area contributed by atoms with Crippen LogP contribution in [0.1, 0.15) is 5.56 Å². The van der Waals surface area contributed by atoms with Crippen LogP contribution < -0.4 is 19.9 Å². The number of carbonyl (C=O) groups excluding carboxylic acids is 3. The number of urea groups is 1. The molecule has 0 bridgehead atoms. The standard InChI is InChI=1S/C22H21N3O5/c1-29-18-8-6-17(7-9-18)25-21(27)19(20(26)23-22(25)28)14-15-2-4-16(5-3-15)24-10-12-30-13-11-24/h2-9,14H,10-13H2,1H3,(H,23,26,28)/b19-14+. The lowest BCUT2D eigenvalue weighted by Crippen LogP contribution is -2.54. The van der Waals surface area contributed by atoms with Gasteiger partial charge in [-0.1, -0.05) is 12.1 Å². The van der Waals surface area contributed by atoms with Gasteiger partial charge in [0.2, 0.25) is 0 Å². The highest BCUT2D eigenvalue weighted by molar-refractivity contribution is 6.39. The first kappa shape index (κ1) is 19.7. The minimum absolute atomic E-state index is 0.107. The van der Waals surface area contributed by atoms with E-state index in [9.17, 15) is 14.4 Å². The molecule has 0 unspecified atom stereocenters. The molecule has 0 radical (unpaired) electrons. The number of anilines is 2. The molecular weight excluding hydrogens is 386 g/mol. The second kappa shape index (κ2) is 8.38. The van der Waals surface area contributed by atoms with Crippen molar-refractivity contribution in [1.29, 1.82) is 0 Å². The number of methoxy groups -OCH3 is 1. The van der Waals surface area contributed by atoms with Gasteiger partial charge >= 0.3 is 6.03 Å². The van der Waals surface area contributed by atoms with Crippen LogP contribution in [0.3, 0.4) is 0 Å². The van der Waals surface area contributed by atoms with Crippen molar-refractivity contribution >= 4 is 35.3 Å². The lowest BCUT2D eigenvalue weighted by Gasteiger charge is -2.29. The third-order valence-corrected chi connectivity index (χ3v) is 5.01. The highest BCUT2D eigenvalue weighted by Crippen LogP contribution is 2.25. The van der Waals surface area contributed by atoms with Crippen LogP contribution >= 0.6 is 0 Å². The molecular formula is C22H21N3O5. The van der Waals surface area contributed by atoms with Gasteiger partial charge in [-0.2, -0.15) is 0 Å². The van der Waals surface area contributed by atoms with Gasteiger partial charge in [0.25, 0.3) is 11.8 Å². The lowest BCUT2D eigenvalue weighted by atomic mass is 10.1. The lowest BCUT2D eigenvalue weighted by molar-refractivity contribution is -0.122. The zero-order valence-electron chi connectivity index (χ0n) is 16.5. The van der Waals surface area contributed by atoms with E-state index >= 15 is 0 Å². The van der Waals surface area contributed by atoms with Gasteiger partial charge in [0.05, 0.1) is 26.0 Å². The Balaban J connectivity index is 1.58. The fourth-order valence-corrected chi connectivity index (χ4v) is 3.39. The van der Waals surface area contributed by atoms with Gasteiger partial charge in [0, 0.05) is 18.8 Å². The van der Waals surface area contributed by atoms with Gasteiger partial charge < -0.3 is 14.4 Å². The summed E-state index contributed by atoms with van der Waals surface area (Å²) < 4.78 is 10.5. The smallest absolute Gasteiger partial charge is 0.335 e. The molecule has 2 aromatic carbocycles. The number of benzene rings is 2. The van der Waals surface area contributed by atoms with Crippen molar-refractivity contribution in [3.8, 4) is 5.75 Å². The fraction of sp³-hybridized carbons (Fsp3) is 0.227. The van der Waals surface area contributed by atoms with Crippen molar-refractivity contribution in [3.05, 3.63) is 59.7 Å². The Hall–Kier alpha value is -3.65. The number of morpholine rings is 1. The van der Waals surface area contributed by atoms with E-state index in [0.717, 1.165) is 23.7 Å². The molecule has 0 aliphatic carbocycles. The summed E-state index contributed by atoms with van der Waals surface area (Å²) in [5, 5.41) is 2.23. The first-order valence-corrected chi connectivity index (χ1v) is 9.55. The Morgan fingerprint density at radius 1 is 0.933 bits per heavy atom. The molecule has 2 fully saturated rings. The maximum absolute atomic E-state index is 12.9. The predicted octanol–water partition coefficient (Wildman–Crippen LogP) is 2.20. The van der Waals surface area contributed by atoms with Crippen molar-refractivity contribution in [1.82, 2.24) is 5.32 Å². The number of nitrogens with one attached hydrogen (secondary N) is 1. The summed E-state index contributed by atoms with van der Waals surface area (Å²) >= 11 is 0. The van der Waals surface area contributed by atoms with E-state index in [0.29, 0.717) is 30.2 Å². The maximum atomic E-state index is 12.9. The van der Waals surface area contributed by atoms with Crippen LogP contribution in [0.5, 0.6) is 5.75 Å². The minimum atomic E-state index is -0.782. The van der Waals surface area contributed by atoms with Gasteiger partial charge in [0.1, 0.15) is 11.3 Å². The molecule has 8 heteroatoms. The monoisotopic (exact) mass is 407 g/mol. The predicted molar refractivity (Wildman–Crippen MR) is 111 cm³/mol. The SMILES string of the molecule is COc1ccc(N2C(=O)NC(=O)/C(=C\c3ccc(N4CCOCC4)cc3)C2=O)cc1. The molecule has 2 aliphatic rings. The van der Waals surface area contributed by atoms with Crippen LogP contribution in [0, 0.1) is 0 Å². The highest BCUT2D eigenvalue weighted by Gasteiger charge is 2.36. The molecule has 4 rings (SSSR count). The van der Waals surface area contributed by atoms with Crippen LogP contribution in [0.15, 0.2) is 54.1 Å². The summed E-state index contributed by atoms with van der Waals surface area (Å²) in [6.45, 7) is 3.02. The number of imide groups is 2. The second-order valence-electron chi connectivity index (χ2n) is 6.85. The molecule has 30 heavy (non-hydrogen) atoms. The van der Waals surface area contributed by atoms with E-state index < -0.39 is 17.8 Å². The molecule has 0 saturated carbocycles. The fourth-order valence-electron chi connectivity index (χ4n) is 3.39. The average molecular weight is 407 g/mol. The largest absolute Gasteiger partial charge is 0.497 e. The normalized spacial score (nSPS) is 18.6. The van der Waals surface area contributed by atoms with Crippen LogP contribution in [0.2, 0.25) is 0 Å². The molecule has 154 valence electrons. The van der Waals surface area contributed by atoms with E-state index in [1.807, 2.05) is 24.3 Å². The van der Waals surface area contributed by atoms with Crippen molar-refractivity contribution in [3.63, 3.8) is 0 Å². The van der Waals surface area contributed by atoms with Gasteiger partial charge in [-0.25, -0.2) is 9.69 Å². The first-order chi connectivity index (χ1) is 14.6.